The number of hydrogen-bond acceptors (Lipinski definition) is 3. The highest BCUT2D eigenvalue weighted by Crippen LogP contribution is 2.21. The Morgan fingerprint density at radius 1 is 1.13 bits per heavy atom. The van der Waals surface area contributed by atoms with Gasteiger partial charge in [-0.1, -0.05) is 12.1 Å². The van der Waals surface area contributed by atoms with Crippen LogP contribution in [0.3, 0.4) is 0 Å². The summed E-state index contributed by atoms with van der Waals surface area (Å²) in [6.45, 7) is 1.54. The Kier molecular flexibility index (Phi) is 4.49. The number of H-pyrrole nitrogens is 1. The molecule has 2 aromatic rings. The molecule has 0 unspecified atom stereocenters. The summed E-state index contributed by atoms with van der Waals surface area (Å²) in [5.41, 5.74) is 1.35. The van der Waals surface area contributed by atoms with Crippen molar-refractivity contribution in [3.05, 3.63) is 53.9 Å². The quantitative estimate of drug-likeness (QED) is 0.874. The summed E-state index contributed by atoms with van der Waals surface area (Å²) >= 11 is 0. The summed E-state index contributed by atoms with van der Waals surface area (Å²) in [5.74, 6) is -0.191. The van der Waals surface area contributed by atoms with E-state index in [0.29, 0.717) is 30.2 Å². The lowest BCUT2D eigenvalue weighted by molar-refractivity contribution is 0.0946. The second kappa shape index (κ2) is 6.55. The van der Waals surface area contributed by atoms with Gasteiger partial charge in [0.1, 0.15) is 5.69 Å². The maximum absolute atomic E-state index is 12.4. The first kappa shape index (κ1) is 15.8. The van der Waals surface area contributed by atoms with E-state index in [1.54, 1.807) is 42.6 Å². The predicted molar refractivity (Wildman–Crippen MR) is 86.4 cm³/mol. The molecule has 2 N–H and O–H groups in total. The lowest BCUT2D eigenvalue weighted by Crippen LogP contribution is -2.28. The first-order valence-electron chi connectivity index (χ1n) is 7.58. The van der Waals surface area contributed by atoms with Crippen molar-refractivity contribution in [1.29, 1.82) is 0 Å². The Morgan fingerprint density at radius 3 is 2.43 bits per heavy atom. The van der Waals surface area contributed by atoms with Gasteiger partial charge in [-0.25, -0.2) is 8.42 Å². The molecule has 0 saturated carbocycles. The van der Waals surface area contributed by atoms with Crippen molar-refractivity contribution in [1.82, 2.24) is 14.6 Å². The topological polar surface area (TPSA) is 82.3 Å². The van der Waals surface area contributed by atoms with Crippen molar-refractivity contribution in [3.8, 4) is 0 Å². The zero-order valence-electron chi connectivity index (χ0n) is 12.7. The van der Waals surface area contributed by atoms with Gasteiger partial charge in [-0.3, -0.25) is 4.79 Å². The Bertz CT molecular complexity index is 761. The summed E-state index contributed by atoms with van der Waals surface area (Å²) in [7, 11) is -3.38. The molecular weight excluding hydrogens is 314 g/mol. The van der Waals surface area contributed by atoms with E-state index in [9.17, 15) is 13.2 Å². The van der Waals surface area contributed by atoms with Crippen LogP contribution in [0.1, 0.15) is 28.9 Å². The van der Waals surface area contributed by atoms with Crippen LogP contribution in [0.4, 0.5) is 0 Å². The van der Waals surface area contributed by atoms with E-state index in [-0.39, 0.29) is 5.91 Å². The van der Waals surface area contributed by atoms with Crippen LogP contribution in [0.15, 0.2) is 47.5 Å². The van der Waals surface area contributed by atoms with Gasteiger partial charge in [-0.05, 0) is 42.7 Å². The van der Waals surface area contributed by atoms with Gasteiger partial charge in [0.05, 0.1) is 4.90 Å². The Balaban J connectivity index is 1.64. The van der Waals surface area contributed by atoms with Gasteiger partial charge in [0.2, 0.25) is 10.0 Å². The zero-order chi connectivity index (χ0) is 16.3. The molecule has 7 heteroatoms. The highest BCUT2D eigenvalue weighted by atomic mass is 32.2. The van der Waals surface area contributed by atoms with Crippen LogP contribution < -0.4 is 5.32 Å². The normalized spacial score (nSPS) is 15.7. The average molecular weight is 333 g/mol. The van der Waals surface area contributed by atoms with E-state index in [0.717, 1.165) is 18.4 Å². The molecule has 1 amide bonds. The van der Waals surface area contributed by atoms with Crippen LogP contribution in [-0.2, 0) is 16.6 Å². The third-order valence-electron chi connectivity index (χ3n) is 3.92. The monoisotopic (exact) mass is 333 g/mol. The van der Waals surface area contributed by atoms with Crippen LogP contribution in [0, 0.1) is 0 Å². The number of carbonyl (C=O) groups excluding carboxylic acids is 1. The van der Waals surface area contributed by atoms with E-state index in [1.165, 1.54) is 4.31 Å². The minimum Gasteiger partial charge on any atom is -0.357 e. The Morgan fingerprint density at radius 2 is 1.83 bits per heavy atom. The molecule has 1 aliphatic rings. The maximum atomic E-state index is 12.4. The van der Waals surface area contributed by atoms with Crippen LogP contribution in [-0.4, -0.2) is 36.7 Å². The second-order valence-electron chi connectivity index (χ2n) is 5.52. The molecule has 0 atom stereocenters. The zero-order valence-corrected chi connectivity index (χ0v) is 13.5. The highest BCUT2D eigenvalue weighted by Gasteiger charge is 2.26. The number of nitrogens with one attached hydrogen (secondary N) is 2. The number of aromatic amines is 1. The molecule has 1 fully saturated rings. The number of hydrogen-bond donors (Lipinski definition) is 2. The minimum atomic E-state index is -3.38. The molecule has 122 valence electrons. The van der Waals surface area contributed by atoms with Crippen LogP contribution >= 0.6 is 0 Å². The minimum absolute atomic E-state index is 0.191. The van der Waals surface area contributed by atoms with Crippen LogP contribution in [0.25, 0.3) is 0 Å². The molecule has 23 heavy (non-hydrogen) atoms. The number of sulfonamides is 1. The fourth-order valence-corrected chi connectivity index (χ4v) is 4.12. The van der Waals surface area contributed by atoms with Gasteiger partial charge in [-0.15, -0.1) is 0 Å². The predicted octanol–water partition coefficient (Wildman–Crippen LogP) is 1.73. The molecular formula is C16H19N3O3S. The number of benzene rings is 1. The van der Waals surface area contributed by atoms with Crippen LogP contribution in [0.5, 0.6) is 0 Å². The van der Waals surface area contributed by atoms with Gasteiger partial charge in [0.15, 0.2) is 0 Å². The molecule has 0 bridgehead atoms. The Labute approximate surface area is 135 Å². The maximum Gasteiger partial charge on any atom is 0.267 e. The van der Waals surface area contributed by atoms with Crippen molar-refractivity contribution in [2.45, 2.75) is 24.3 Å². The molecule has 6 nitrogen and oxygen atoms in total. The summed E-state index contributed by atoms with van der Waals surface area (Å²) in [4.78, 5) is 15.0. The highest BCUT2D eigenvalue weighted by molar-refractivity contribution is 7.89. The molecule has 1 saturated heterocycles. The van der Waals surface area contributed by atoms with Gasteiger partial charge >= 0.3 is 0 Å². The number of carbonyl (C=O) groups is 1. The standard InChI is InChI=1S/C16H19N3O3S/c20-16(15-4-3-9-17-15)18-12-13-5-7-14(8-6-13)23(21,22)19-10-1-2-11-19/h3-9,17H,1-2,10-12H2,(H,18,20). The summed E-state index contributed by atoms with van der Waals surface area (Å²) in [6, 6.07) is 10.1. The van der Waals surface area contributed by atoms with Gasteiger partial charge in [-0.2, -0.15) is 4.31 Å². The number of rotatable bonds is 5. The molecule has 0 aliphatic carbocycles. The lowest BCUT2D eigenvalue weighted by Gasteiger charge is -2.15. The van der Waals surface area contributed by atoms with Crippen molar-refractivity contribution >= 4 is 15.9 Å². The lowest BCUT2D eigenvalue weighted by atomic mass is 10.2. The number of amides is 1. The largest absolute Gasteiger partial charge is 0.357 e. The van der Waals surface area contributed by atoms with Crippen molar-refractivity contribution in [3.63, 3.8) is 0 Å². The Hall–Kier alpha value is -2.12. The summed E-state index contributed by atoms with van der Waals surface area (Å²) < 4.78 is 26.4. The van der Waals surface area contributed by atoms with Crippen molar-refractivity contribution < 1.29 is 13.2 Å². The number of nitrogens with zero attached hydrogens (tertiary/aromatic N) is 1. The van der Waals surface area contributed by atoms with Crippen molar-refractivity contribution in [2.24, 2.45) is 0 Å². The third kappa shape index (κ3) is 3.46. The van der Waals surface area contributed by atoms with E-state index in [4.69, 9.17) is 0 Å². The molecule has 1 aromatic carbocycles. The smallest absolute Gasteiger partial charge is 0.267 e. The summed E-state index contributed by atoms with van der Waals surface area (Å²) in [6.07, 6.45) is 3.52. The molecule has 3 rings (SSSR count). The van der Waals surface area contributed by atoms with Gasteiger partial charge in [0.25, 0.3) is 5.91 Å². The first-order valence-corrected chi connectivity index (χ1v) is 9.02. The van der Waals surface area contributed by atoms with Crippen LogP contribution in [0.2, 0.25) is 0 Å². The second-order valence-corrected chi connectivity index (χ2v) is 7.46. The fraction of sp³-hybridized carbons (Fsp3) is 0.312. The van der Waals surface area contributed by atoms with Gasteiger partial charge < -0.3 is 10.3 Å². The van der Waals surface area contributed by atoms with Gasteiger partial charge in [0, 0.05) is 25.8 Å². The molecule has 0 radical (unpaired) electrons. The molecule has 2 heterocycles. The van der Waals surface area contributed by atoms with E-state index in [2.05, 4.69) is 10.3 Å². The fourth-order valence-electron chi connectivity index (χ4n) is 2.61. The van der Waals surface area contributed by atoms with E-state index >= 15 is 0 Å². The molecule has 1 aliphatic heterocycles. The molecule has 0 spiro atoms. The van der Waals surface area contributed by atoms with E-state index < -0.39 is 10.0 Å². The summed E-state index contributed by atoms with van der Waals surface area (Å²) in [5, 5.41) is 2.78. The van der Waals surface area contributed by atoms with E-state index in [1.807, 2.05) is 0 Å². The third-order valence-corrected chi connectivity index (χ3v) is 5.83. The SMILES string of the molecule is O=C(NCc1ccc(S(=O)(=O)N2CCCC2)cc1)c1ccc[nH]1. The first-order chi connectivity index (χ1) is 11.1. The van der Waals surface area contributed by atoms with Crippen molar-refractivity contribution in [2.75, 3.05) is 13.1 Å². The number of aromatic nitrogens is 1. The molecule has 1 aromatic heterocycles. The average Bonchev–Trinajstić information content (AvgIpc) is 3.25.